The van der Waals surface area contributed by atoms with Crippen LogP contribution in [0.15, 0.2) is 15.7 Å². The summed E-state index contributed by atoms with van der Waals surface area (Å²) in [5, 5.41) is 12.8. The maximum atomic E-state index is 5.53. The van der Waals surface area contributed by atoms with Gasteiger partial charge in [0.05, 0.1) is 12.2 Å². The lowest BCUT2D eigenvalue weighted by atomic mass is 10.4. The van der Waals surface area contributed by atoms with Gasteiger partial charge in [0.1, 0.15) is 12.4 Å². The molecule has 0 saturated carbocycles. The Balaban J connectivity index is 1.95. The Hall–Kier alpha value is -1.38. The highest BCUT2D eigenvalue weighted by Crippen LogP contribution is 2.20. The molecule has 8 heteroatoms. The Kier molecular flexibility index (Phi) is 4.34. The summed E-state index contributed by atoms with van der Waals surface area (Å²) in [7, 11) is 3.51. The number of rotatable bonds is 6. The standard InChI is InChI=1S/C10H15N5O2S/c1-15-9(4-11)12-13-10(15)18-6-7-3-8(5-16-2)17-14-7/h3H,4-6,11H2,1-2H3. The molecule has 98 valence electrons. The first-order valence-electron chi connectivity index (χ1n) is 5.39. The highest BCUT2D eigenvalue weighted by Gasteiger charge is 2.10. The number of ether oxygens (including phenoxy) is 1. The maximum absolute atomic E-state index is 5.53. The second-order valence-corrected chi connectivity index (χ2v) is 4.61. The molecule has 0 aromatic carbocycles. The van der Waals surface area contributed by atoms with Crippen molar-refractivity contribution in [3.63, 3.8) is 0 Å². The molecule has 0 aliphatic rings. The molecule has 2 N–H and O–H groups in total. The molecule has 0 aliphatic heterocycles. The predicted molar refractivity (Wildman–Crippen MR) is 65.7 cm³/mol. The molecule has 0 unspecified atom stereocenters. The third-order valence-corrected chi connectivity index (χ3v) is 3.40. The van der Waals surface area contributed by atoms with Gasteiger partial charge in [0.15, 0.2) is 10.9 Å². The van der Waals surface area contributed by atoms with Crippen molar-refractivity contribution in [2.45, 2.75) is 24.1 Å². The number of hydrogen-bond acceptors (Lipinski definition) is 7. The molecule has 0 spiro atoms. The zero-order valence-electron chi connectivity index (χ0n) is 10.3. The van der Waals surface area contributed by atoms with Crippen LogP contribution in [0, 0.1) is 0 Å². The number of nitrogens with two attached hydrogens (primary N) is 1. The zero-order chi connectivity index (χ0) is 13.0. The summed E-state index contributed by atoms with van der Waals surface area (Å²) >= 11 is 1.54. The Labute approximate surface area is 109 Å². The molecule has 2 aromatic rings. The van der Waals surface area contributed by atoms with Crippen LogP contribution in [0.5, 0.6) is 0 Å². The van der Waals surface area contributed by atoms with Gasteiger partial charge in [-0.25, -0.2) is 0 Å². The van der Waals surface area contributed by atoms with Crippen molar-refractivity contribution in [3.8, 4) is 0 Å². The summed E-state index contributed by atoms with van der Waals surface area (Å²) in [6.07, 6.45) is 0. The fourth-order valence-electron chi connectivity index (χ4n) is 1.42. The van der Waals surface area contributed by atoms with E-state index in [9.17, 15) is 0 Å². The first kappa shape index (κ1) is 13.1. The molecule has 0 saturated heterocycles. The van der Waals surface area contributed by atoms with Crippen molar-refractivity contribution in [1.29, 1.82) is 0 Å². The number of hydrogen-bond donors (Lipinski definition) is 1. The van der Waals surface area contributed by atoms with Crippen molar-refractivity contribution < 1.29 is 9.26 Å². The van der Waals surface area contributed by atoms with Crippen molar-refractivity contribution in [2.24, 2.45) is 12.8 Å². The van der Waals surface area contributed by atoms with Crippen LogP contribution >= 0.6 is 11.8 Å². The van der Waals surface area contributed by atoms with E-state index in [1.807, 2.05) is 17.7 Å². The van der Waals surface area contributed by atoms with Crippen LogP contribution in [0.3, 0.4) is 0 Å². The average Bonchev–Trinajstić information content (AvgIpc) is 2.94. The highest BCUT2D eigenvalue weighted by molar-refractivity contribution is 7.98. The summed E-state index contributed by atoms with van der Waals surface area (Å²) in [5.41, 5.74) is 6.39. The van der Waals surface area contributed by atoms with Crippen LogP contribution in [0.1, 0.15) is 17.3 Å². The molecule has 2 aromatic heterocycles. The summed E-state index contributed by atoms with van der Waals surface area (Å²) in [4.78, 5) is 0. The lowest BCUT2D eigenvalue weighted by Crippen LogP contribution is -2.05. The second kappa shape index (κ2) is 5.98. The van der Waals surface area contributed by atoms with E-state index < -0.39 is 0 Å². The minimum absolute atomic E-state index is 0.381. The fourth-order valence-corrected chi connectivity index (χ4v) is 2.23. The molecule has 0 amide bonds. The number of thioether (sulfide) groups is 1. The summed E-state index contributed by atoms with van der Waals surface area (Å²) in [6.45, 7) is 0.810. The van der Waals surface area contributed by atoms with Crippen LogP contribution in [0.25, 0.3) is 0 Å². The largest absolute Gasteiger partial charge is 0.377 e. The Bertz CT molecular complexity index is 510. The molecular weight excluding hydrogens is 254 g/mol. The fraction of sp³-hybridized carbons (Fsp3) is 0.500. The molecule has 2 heterocycles. The van der Waals surface area contributed by atoms with Crippen molar-refractivity contribution >= 4 is 11.8 Å². The van der Waals surface area contributed by atoms with Crippen LogP contribution < -0.4 is 5.73 Å². The van der Waals surface area contributed by atoms with Gasteiger partial charge in [-0.2, -0.15) is 0 Å². The Morgan fingerprint density at radius 2 is 2.33 bits per heavy atom. The zero-order valence-corrected chi connectivity index (χ0v) is 11.1. The molecule has 2 rings (SSSR count). The van der Waals surface area contributed by atoms with E-state index in [2.05, 4.69) is 15.4 Å². The van der Waals surface area contributed by atoms with Gasteiger partial charge in [0, 0.05) is 26.0 Å². The summed E-state index contributed by atoms with van der Waals surface area (Å²) in [6, 6.07) is 1.87. The van der Waals surface area contributed by atoms with Crippen LogP contribution in [0.2, 0.25) is 0 Å². The van der Waals surface area contributed by atoms with Gasteiger partial charge in [-0.1, -0.05) is 16.9 Å². The second-order valence-electron chi connectivity index (χ2n) is 3.67. The van der Waals surface area contributed by atoms with Gasteiger partial charge in [-0.15, -0.1) is 10.2 Å². The minimum Gasteiger partial charge on any atom is -0.377 e. The van der Waals surface area contributed by atoms with Crippen LogP contribution in [0.4, 0.5) is 0 Å². The minimum atomic E-state index is 0.381. The maximum Gasteiger partial charge on any atom is 0.191 e. The van der Waals surface area contributed by atoms with Crippen LogP contribution in [-0.4, -0.2) is 27.0 Å². The van der Waals surface area contributed by atoms with E-state index in [-0.39, 0.29) is 0 Å². The van der Waals surface area contributed by atoms with Gasteiger partial charge in [-0.3, -0.25) is 0 Å². The van der Waals surface area contributed by atoms with E-state index in [1.165, 1.54) is 11.8 Å². The normalized spacial score (nSPS) is 11.1. The van der Waals surface area contributed by atoms with Crippen molar-refractivity contribution in [1.82, 2.24) is 19.9 Å². The van der Waals surface area contributed by atoms with E-state index in [0.29, 0.717) is 24.7 Å². The Morgan fingerprint density at radius 1 is 1.50 bits per heavy atom. The van der Waals surface area contributed by atoms with Crippen LogP contribution in [-0.2, 0) is 30.7 Å². The Morgan fingerprint density at radius 3 is 3.00 bits per heavy atom. The van der Waals surface area contributed by atoms with E-state index >= 15 is 0 Å². The van der Waals surface area contributed by atoms with Crippen molar-refractivity contribution in [2.75, 3.05) is 7.11 Å². The highest BCUT2D eigenvalue weighted by atomic mass is 32.2. The number of nitrogens with zero attached hydrogens (tertiary/aromatic N) is 4. The molecule has 0 aliphatic carbocycles. The molecule has 0 fully saturated rings. The molecule has 7 nitrogen and oxygen atoms in total. The van der Waals surface area contributed by atoms with Gasteiger partial charge in [0.25, 0.3) is 0 Å². The monoisotopic (exact) mass is 269 g/mol. The smallest absolute Gasteiger partial charge is 0.191 e. The first-order valence-corrected chi connectivity index (χ1v) is 6.37. The summed E-state index contributed by atoms with van der Waals surface area (Å²) < 4.78 is 11.9. The van der Waals surface area contributed by atoms with E-state index in [4.69, 9.17) is 15.0 Å². The van der Waals surface area contributed by atoms with E-state index in [1.54, 1.807) is 7.11 Å². The lowest BCUT2D eigenvalue weighted by Gasteiger charge is -1.99. The van der Waals surface area contributed by atoms with Crippen molar-refractivity contribution in [3.05, 3.63) is 23.3 Å². The quantitative estimate of drug-likeness (QED) is 0.772. The molecular formula is C10H15N5O2S. The SMILES string of the molecule is COCc1cc(CSc2nnc(CN)n2C)no1. The molecule has 0 bridgehead atoms. The molecule has 0 radical (unpaired) electrons. The van der Waals surface area contributed by atoms with Gasteiger partial charge in [0.2, 0.25) is 0 Å². The van der Waals surface area contributed by atoms with Gasteiger partial charge in [-0.05, 0) is 0 Å². The average molecular weight is 269 g/mol. The first-order chi connectivity index (χ1) is 8.74. The third-order valence-electron chi connectivity index (χ3n) is 2.35. The summed E-state index contributed by atoms with van der Waals surface area (Å²) in [5.74, 6) is 2.15. The predicted octanol–water partition coefficient (Wildman–Crippen LogP) is 0.700. The lowest BCUT2D eigenvalue weighted by molar-refractivity contribution is 0.156. The topological polar surface area (TPSA) is 92.0 Å². The third kappa shape index (κ3) is 2.89. The van der Waals surface area contributed by atoms with Gasteiger partial charge >= 0.3 is 0 Å². The number of aromatic nitrogens is 4. The van der Waals surface area contributed by atoms with Gasteiger partial charge < -0.3 is 19.6 Å². The van der Waals surface area contributed by atoms with E-state index in [0.717, 1.165) is 16.7 Å². The number of methoxy groups -OCH3 is 1. The molecule has 18 heavy (non-hydrogen) atoms. The molecule has 0 atom stereocenters.